The highest BCUT2D eigenvalue weighted by Gasteiger charge is 2.13. The van der Waals surface area contributed by atoms with Crippen LogP contribution in [-0.2, 0) is 11.3 Å². The summed E-state index contributed by atoms with van der Waals surface area (Å²) in [6, 6.07) is 18.0. The summed E-state index contributed by atoms with van der Waals surface area (Å²) >= 11 is 0. The van der Waals surface area contributed by atoms with Crippen LogP contribution in [0.3, 0.4) is 0 Å². The maximum Gasteiger partial charge on any atom is 0.119 e. The lowest BCUT2D eigenvalue weighted by molar-refractivity contribution is 0.0542. The van der Waals surface area contributed by atoms with Gasteiger partial charge in [0.15, 0.2) is 0 Å². The van der Waals surface area contributed by atoms with Gasteiger partial charge in [-0.3, -0.25) is 4.90 Å². The zero-order valence-electron chi connectivity index (χ0n) is 14.5. The topological polar surface area (TPSA) is 41.9 Å². The van der Waals surface area contributed by atoms with Crippen molar-refractivity contribution in [1.29, 1.82) is 0 Å². The second-order valence-electron chi connectivity index (χ2n) is 5.99. The normalized spacial score (nSPS) is 12.3. The maximum absolute atomic E-state index is 10.3. The number of benzene rings is 2. The smallest absolute Gasteiger partial charge is 0.119 e. The number of nitrogens with zero attached hydrogens (tertiary/aromatic N) is 1. The summed E-state index contributed by atoms with van der Waals surface area (Å²) in [4.78, 5) is 2.19. The summed E-state index contributed by atoms with van der Waals surface area (Å²) in [6.45, 7) is 5.11. The second-order valence-corrected chi connectivity index (χ2v) is 5.99. The van der Waals surface area contributed by atoms with Gasteiger partial charge >= 0.3 is 0 Å². The van der Waals surface area contributed by atoms with Crippen molar-refractivity contribution in [3.63, 3.8) is 0 Å². The molecular formula is C20H27NO3. The zero-order chi connectivity index (χ0) is 17.2. The van der Waals surface area contributed by atoms with E-state index in [1.165, 1.54) is 11.1 Å². The highest BCUT2D eigenvalue weighted by molar-refractivity contribution is 5.22. The van der Waals surface area contributed by atoms with E-state index < -0.39 is 6.10 Å². The van der Waals surface area contributed by atoms with E-state index in [4.69, 9.17) is 9.47 Å². The van der Waals surface area contributed by atoms with E-state index in [-0.39, 0.29) is 6.61 Å². The first-order chi connectivity index (χ1) is 11.7. The molecule has 0 aliphatic carbocycles. The quantitative estimate of drug-likeness (QED) is 0.728. The lowest BCUT2D eigenvalue weighted by Gasteiger charge is -2.25. The van der Waals surface area contributed by atoms with Crippen molar-refractivity contribution in [3.05, 3.63) is 65.7 Å². The molecule has 0 amide bonds. The van der Waals surface area contributed by atoms with Crippen LogP contribution in [-0.4, -0.2) is 49.5 Å². The van der Waals surface area contributed by atoms with E-state index >= 15 is 0 Å². The Kier molecular flexibility index (Phi) is 7.75. The number of hydrogen-bond donors (Lipinski definition) is 1. The molecule has 1 unspecified atom stereocenters. The Morgan fingerprint density at radius 1 is 1.08 bits per heavy atom. The molecule has 0 bridgehead atoms. The lowest BCUT2D eigenvalue weighted by atomic mass is 10.1. The molecule has 0 radical (unpaired) electrons. The molecule has 130 valence electrons. The molecule has 0 aliphatic heterocycles. The molecule has 2 aromatic carbocycles. The third kappa shape index (κ3) is 6.71. The molecule has 1 N–H and O–H groups in total. The summed E-state index contributed by atoms with van der Waals surface area (Å²) in [5.74, 6) is 0.777. The van der Waals surface area contributed by atoms with Crippen LogP contribution in [0.1, 0.15) is 11.1 Å². The van der Waals surface area contributed by atoms with Gasteiger partial charge in [-0.1, -0.05) is 48.0 Å². The van der Waals surface area contributed by atoms with Gasteiger partial charge in [0, 0.05) is 26.7 Å². The number of hydrogen-bond acceptors (Lipinski definition) is 4. The Labute approximate surface area is 144 Å². The van der Waals surface area contributed by atoms with Gasteiger partial charge in [0.2, 0.25) is 0 Å². The number of aliphatic hydroxyl groups excluding tert-OH is 1. The lowest BCUT2D eigenvalue weighted by Crippen LogP contribution is -2.37. The largest absolute Gasteiger partial charge is 0.491 e. The number of methoxy groups -OCH3 is 1. The Bertz CT molecular complexity index is 588. The van der Waals surface area contributed by atoms with Crippen molar-refractivity contribution < 1.29 is 14.6 Å². The average molecular weight is 329 g/mol. The molecule has 0 saturated carbocycles. The second kappa shape index (κ2) is 10.1. The van der Waals surface area contributed by atoms with Gasteiger partial charge in [-0.2, -0.15) is 0 Å². The first-order valence-electron chi connectivity index (χ1n) is 8.30. The summed E-state index contributed by atoms with van der Waals surface area (Å²) in [5, 5.41) is 10.3. The molecule has 0 fully saturated rings. The van der Waals surface area contributed by atoms with Crippen LogP contribution >= 0.6 is 0 Å². The van der Waals surface area contributed by atoms with E-state index in [1.54, 1.807) is 7.11 Å². The van der Waals surface area contributed by atoms with Gasteiger partial charge < -0.3 is 14.6 Å². The zero-order valence-corrected chi connectivity index (χ0v) is 14.5. The number of ether oxygens (including phenoxy) is 2. The van der Waals surface area contributed by atoms with Crippen LogP contribution < -0.4 is 4.74 Å². The standard InChI is InChI=1S/C20H27NO3/c1-17-7-6-8-18(13-17)14-21(11-12-23-2)15-19(22)16-24-20-9-4-3-5-10-20/h3-10,13,19,22H,11-12,14-16H2,1-2H3. The third-order valence-electron chi connectivity index (χ3n) is 3.75. The molecule has 24 heavy (non-hydrogen) atoms. The summed E-state index contributed by atoms with van der Waals surface area (Å²) in [5.41, 5.74) is 2.48. The van der Waals surface area contributed by atoms with Crippen molar-refractivity contribution in [1.82, 2.24) is 4.90 Å². The molecule has 0 aromatic heterocycles. The van der Waals surface area contributed by atoms with E-state index in [9.17, 15) is 5.11 Å². The Morgan fingerprint density at radius 3 is 2.58 bits per heavy atom. The molecule has 2 rings (SSSR count). The summed E-state index contributed by atoms with van der Waals surface area (Å²) in [6.07, 6.45) is -0.549. The fourth-order valence-electron chi connectivity index (χ4n) is 2.58. The predicted octanol–water partition coefficient (Wildman–Crippen LogP) is 2.88. The van der Waals surface area contributed by atoms with Gasteiger partial charge in [0.1, 0.15) is 18.5 Å². The number of aliphatic hydroxyl groups is 1. The van der Waals surface area contributed by atoms with Crippen molar-refractivity contribution in [2.75, 3.05) is 33.4 Å². The SMILES string of the molecule is COCCN(Cc1cccc(C)c1)CC(O)COc1ccccc1. The van der Waals surface area contributed by atoms with E-state index in [0.29, 0.717) is 13.2 Å². The highest BCUT2D eigenvalue weighted by Crippen LogP contribution is 2.11. The van der Waals surface area contributed by atoms with E-state index in [0.717, 1.165) is 18.8 Å². The fourth-order valence-corrected chi connectivity index (χ4v) is 2.58. The molecule has 2 aromatic rings. The Balaban J connectivity index is 1.87. The van der Waals surface area contributed by atoms with Gasteiger partial charge in [-0.05, 0) is 24.6 Å². The van der Waals surface area contributed by atoms with Crippen LogP contribution in [0.4, 0.5) is 0 Å². The molecule has 4 heteroatoms. The fraction of sp³-hybridized carbons (Fsp3) is 0.400. The van der Waals surface area contributed by atoms with Crippen LogP contribution in [0.25, 0.3) is 0 Å². The van der Waals surface area contributed by atoms with Crippen molar-refractivity contribution in [2.24, 2.45) is 0 Å². The van der Waals surface area contributed by atoms with Gasteiger partial charge in [-0.25, -0.2) is 0 Å². The minimum absolute atomic E-state index is 0.279. The van der Waals surface area contributed by atoms with Gasteiger partial charge in [-0.15, -0.1) is 0 Å². The van der Waals surface area contributed by atoms with Crippen LogP contribution in [0.15, 0.2) is 54.6 Å². The van der Waals surface area contributed by atoms with E-state index in [2.05, 4.69) is 36.1 Å². The van der Waals surface area contributed by atoms with Crippen molar-refractivity contribution >= 4 is 0 Å². The minimum atomic E-state index is -0.549. The molecular weight excluding hydrogens is 302 g/mol. The van der Waals surface area contributed by atoms with Crippen molar-refractivity contribution in [2.45, 2.75) is 19.6 Å². The Hall–Kier alpha value is -1.88. The van der Waals surface area contributed by atoms with E-state index in [1.807, 2.05) is 30.3 Å². The number of rotatable bonds is 10. The molecule has 0 aliphatic rings. The molecule has 0 heterocycles. The third-order valence-corrected chi connectivity index (χ3v) is 3.75. The van der Waals surface area contributed by atoms with Crippen molar-refractivity contribution in [3.8, 4) is 5.75 Å². The summed E-state index contributed by atoms with van der Waals surface area (Å²) < 4.78 is 10.8. The van der Waals surface area contributed by atoms with Crippen LogP contribution in [0, 0.1) is 6.92 Å². The monoisotopic (exact) mass is 329 g/mol. The number of aryl methyl sites for hydroxylation is 1. The molecule has 1 atom stereocenters. The first kappa shape index (κ1) is 18.5. The molecule has 0 saturated heterocycles. The molecule has 0 spiro atoms. The predicted molar refractivity (Wildman–Crippen MR) is 96.3 cm³/mol. The minimum Gasteiger partial charge on any atom is -0.491 e. The van der Waals surface area contributed by atoms with Crippen LogP contribution in [0.5, 0.6) is 5.75 Å². The van der Waals surface area contributed by atoms with Gasteiger partial charge in [0.25, 0.3) is 0 Å². The van der Waals surface area contributed by atoms with Crippen LogP contribution in [0.2, 0.25) is 0 Å². The highest BCUT2D eigenvalue weighted by atomic mass is 16.5. The van der Waals surface area contributed by atoms with Gasteiger partial charge in [0.05, 0.1) is 6.61 Å². The maximum atomic E-state index is 10.3. The average Bonchev–Trinajstić information content (AvgIpc) is 2.59. The number of para-hydroxylation sites is 1. The first-order valence-corrected chi connectivity index (χ1v) is 8.30. The Morgan fingerprint density at radius 2 is 1.88 bits per heavy atom. The molecule has 4 nitrogen and oxygen atoms in total. The summed E-state index contributed by atoms with van der Waals surface area (Å²) in [7, 11) is 1.69.